The number of aliphatic hydroxyl groups is 2. The Balaban J connectivity index is 2.52. The molecule has 0 saturated carbocycles. The van der Waals surface area contributed by atoms with Crippen molar-refractivity contribution < 1.29 is 19.4 Å². The van der Waals surface area contributed by atoms with Crippen molar-refractivity contribution >= 4 is 11.0 Å². The molecule has 0 bridgehead atoms. The number of methoxy groups -OCH3 is 1. The van der Waals surface area contributed by atoms with E-state index in [4.69, 9.17) is 14.3 Å². The summed E-state index contributed by atoms with van der Waals surface area (Å²) < 4.78 is 10.3. The van der Waals surface area contributed by atoms with Crippen LogP contribution in [0.5, 0.6) is 5.75 Å². The SMILES string of the molecule is COc1ccc2c(C(O)CO)coc2c1. The number of furan rings is 1. The number of rotatable bonds is 3. The van der Waals surface area contributed by atoms with Crippen molar-refractivity contribution in [2.45, 2.75) is 6.10 Å². The second kappa shape index (κ2) is 3.92. The second-order valence-corrected chi connectivity index (χ2v) is 3.25. The maximum atomic E-state index is 9.50. The first-order valence-corrected chi connectivity index (χ1v) is 4.60. The smallest absolute Gasteiger partial charge is 0.137 e. The third-order valence-corrected chi connectivity index (χ3v) is 2.34. The molecule has 0 aliphatic carbocycles. The van der Waals surface area contributed by atoms with Crippen LogP contribution in [-0.4, -0.2) is 23.9 Å². The minimum absolute atomic E-state index is 0.319. The highest BCUT2D eigenvalue weighted by atomic mass is 16.5. The molecule has 0 amide bonds. The molecule has 1 atom stereocenters. The van der Waals surface area contributed by atoms with Crippen molar-refractivity contribution in [1.82, 2.24) is 0 Å². The van der Waals surface area contributed by atoms with Gasteiger partial charge < -0.3 is 19.4 Å². The average Bonchev–Trinajstić information content (AvgIpc) is 2.70. The fourth-order valence-electron chi connectivity index (χ4n) is 1.51. The molecule has 0 saturated heterocycles. The van der Waals surface area contributed by atoms with Crippen LogP contribution in [0.2, 0.25) is 0 Å². The van der Waals surface area contributed by atoms with Crippen LogP contribution in [0.15, 0.2) is 28.9 Å². The van der Waals surface area contributed by atoms with Gasteiger partial charge in [0, 0.05) is 17.0 Å². The summed E-state index contributed by atoms with van der Waals surface area (Å²) in [4.78, 5) is 0. The molecule has 4 nitrogen and oxygen atoms in total. The largest absolute Gasteiger partial charge is 0.497 e. The Labute approximate surface area is 86.7 Å². The van der Waals surface area contributed by atoms with Crippen LogP contribution in [0.3, 0.4) is 0 Å². The molecule has 0 spiro atoms. The predicted molar refractivity (Wildman–Crippen MR) is 54.8 cm³/mol. The van der Waals surface area contributed by atoms with Crippen LogP contribution in [0.1, 0.15) is 11.7 Å². The third-order valence-electron chi connectivity index (χ3n) is 2.34. The molecule has 15 heavy (non-hydrogen) atoms. The molecule has 1 aromatic carbocycles. The molecule has 0 aliphatic rings. The number of benzene rings is 1. The molecule has 2 aromatic rings. The number of fused-ring (bicyclic) bond motifs is 1. The van der Waals surface area contributed by atoms with Gasteiger partial charge in [-0.05, 0) is 12.1 Å². The van der Waals surface area contributed by atoms with E-state index in [1.807, 2.05) is 0 Å². The normalized spacial score (nSPS) is 13.0. The van der Waals surface area contributed by atoms with E-state index in [0.717, 1.165) is 5.39 Å². The van der Waals surface area contributed by atoms with Crippen LogP contribution in [0, 0.1) is 0 Å². The van der Waals surface area contributed by atoms with Gasteiger partial charge in [-0.3, -0.25) is 0 Å². The first kappa shape index (κ1) is 10.0. The van der Waals surface area contributed by atoms with Crippen molar-refractivity contribution in [3.05, 3.63) is 30.0 Å². The standard InChI is InChI=1S/C11H12O4/c1-14-7-2-3-8-9(10(13)5-12)6-15-11(8)4-7/h2-4,6,10,12-13H,5H2,1H3. The summed E-state index contributed by atoms with van der Waals surface area (Å²) >= 11 is 0. The quantitative estimate of drug-likeness (QED) is 0.801. The number of aliphatic hydroxyl groups excluding tert-OH is 2. The fourth-order valence-corrected chi connectivity index (χ4v) is 1.51. The zero-order valence-corrected chi connectivity index (χ0v) is 8.30. The molecule has 1 unspecified atom stereocenters. The predicted octanol–water partition coefficient (Wildman–Crippen LogP) is 1.47. The van der Waals surface area contributed by atoms with Crippen molar-refractivity contribution in [2.24, 2.45) is 0 Å². The number of hydrogen-bond acceptors (Lipinski definition) is 4. The van der Waals surface area contributed by atoms with Crippen LogP contribution in [0.25, 0.3) is 11.0 Å². The van der Waals surface area contributed by atoms with E-state index >= 15 is 0 Å². The molecular weight excluding hydrogens is 196 g/mol. The number of ether oxygens (including phenoxy) is 1. The summed E-state index contributed by atoms with van der Waals surface area (Å²) in [5.74, 6) is 0.696. The lowest BCUT2D eigenvalue weighted by Crippen LogP contribution is -2.00. The van der Waals surface area contributed by atoms with Crippen molar-refractivity contribution in [2.75, 3.05) is 13.7 Å². The molecule has 1 aromatic heterocycles. The van der Waals surface area contributed by atoms with E-state index in [-0.39, 0.29) is 6.61 Å². The van der Waals surface area contributed by atoms with Crippen molar-refractivity contribution in [3.63, 3.8) is 0 Å². The minimum atomic E-state index is -0.903. The van der Waals surface area contributed by atoms with E-state index in [0.29, 0.717) is 16.9 Å². The Morgan fingerprint density at radius 2 is 2.27 bits per heavy atom. The zero-order valence-electron chi connectivity index (χ0n) is 8.30. The van der Waals surface area contributed by atoms with Crippen LogP contribution in [0.4, 0.5) is 0 Å². The van der Waals surface area contributed by atoms with E-state index in [9.17, 15) is 5.11 Å². The summed E-state index contributed by atoms with van der Waals surface area (Å²) in [5.41, 5.74) is 1.23. The molecule has 0 radical (unpaired) electrons. The summed E-state index contributed by atoms with van der Waals surface area (Å²) in [6.45, 7) is -0.319. The first-order chi connectivity index (χ1) is 7.26. The van der Waals surface area contributed by atoms with Gasteiger partial charge in [0.15, 0.2) is 0 Å². The van der Waals surface area contributed by atoms with Crippen LogP contribution in [-0.2, 0) is 0 Å². The van der Waals surface area contributed by atoms with Gasteiger partial charge in [-0.1, -0.05) is 0 Å². The fraction of sp³-hybridized carbons (Fsp3) is 0.273. The molecule has 80 valence electrons. The highest BCUT2D eigenvalue weighted by Gasteiger charge is 2.13. The summed E-state index contributed by atoms with van der Waals surface area (Å²) in [5, 5.41) is 19.1. The second-order valence-electron chi connectivity index (χ2n) is 3.25. The monoisotopic (exact) mass is 208 g/mol. The van der Waals surface area contributed by atoms with Crippen LogP contribution < -0.4 is 4.74 Å². The molecule has 4 heteroatoms. The number of hydrogen-bond donors (Lipinski definition) is 2. The molecule has 0 fully saturated rings. The van der Waals surface area contributed by atoms with Gasteiger partial charge in [0.1, 0.15) is 17.4 Å². The molecule has 0 aliphatic heterocycles. The summed E-state index contributed by atoms with van der Waals surface area (Å²) in [6, 6.07) is 5.32. The van der Waals surface area contributed by atoms with Crippen LogP contribution >= 0.6 is 0 Å². The Morgan fingerprint density at radius 3 is 2.93 bits per heavy atom. The van der Waals surface area contributed by atoms with E-state index in [1.165, 1.54) is 6.26 Å². The van der Waals surface area contributed by atoms with Gasteiger partial charge in [0.2, 0.25) is 0 Å². The van der Waals surface area contributed by atoms with Crippen molar-refractivity contribution in [3.8, 4) is 5.75 Å². The van der Waals surface area contributed by atoms with Gasteiger partial charge in [-0.2, -0.15) is 0 Å². The van der Waals surface area contributed by atoms with E-state index in [1.54, 1.807) is 25.3 Å². The Kier molecular flexibility index (Phi) is 2.62. The Morgan fingerprint density at radius 1 is 1.47 bits per heavy atom. The summed E-state index contributed by atoms with van der Waals surface area (Å²) in [7, 11) is 1.58. The zero-order chi connectivity index (χ0) is 10.8. The third kappa shape index (κ3) is 1.69. The van der Waals surface area contributed by atoms with Crippen molar-refractivity contribution in [1.29, 1.82) is 0 Å². The lowest BCUT2D eigenvalue weighted by molar-refractivity contribution is 0.0960. The molecular formula is C11H12O4. The highest BCUT2D eigenvalue weighted by Crippen LogP contribution is 2.29. The molecule has 1 heterocycles. The summed E-state index contributed by atoms with van der Waals surface area (Å²) in [6.07, 6.45) is 0.546. The topological polar surface area (TPSA) is 62.8 Å². The first-order valence-electron chi connectivity index (χ1n) is 4.60. The Hall–Kier alpha value is -1.52. The van der Waals surface area contributed by atoms with Gasteiger partial charge in [-0.15, -0.1) is 0 Å². The Bertz CT molecular complexity index is 461. The lowest BCUT2D eigenvalue weighted by Gasteiger charge is -2.04. The molecule has 2 N–H and O–H groups in total. The average molecular weight is 208 g/mol. The van der Waals surface area contributed by atoms with E-state index in [2.05, 4.69) is 0 Å². The molecule has 2 rings (SSSR count). The maximum Gasteiger partial charge on any atom is 0.137 e. The van der Waals surface area contributed by atoms with Gasteiger partial charge in [0.05, 0.1) is 20.0 Å². The van der Waals surface area contributed by atoms with Gasteiger partial charge >= 0.3 is 0 Å². The minimum Gasteiger partial charge on any atom is -0.497 e. The highest BCUT2D eigenvalue weighted by molar-refractivity contribution is 5.82. The van der Waals surface area contributed by atoms with Gasteiger partial charge in [0.25, 0.3) is 0 Å². The van der Waals surface area contributed by atoms with E-state index < -0.39 is 6.10 Å². The van der Waals surface area contributed by atoms with Gasteiger partial charge in [-0.25, -0.2) is 0 Å². The lowest BCUT2D eigenvalue weighted by atomic mass is 10.1. The maximum absolute atomic E-state index is 9.50.